The second-order valence-corrected chi connectivity index (χ2v) is 5.32. The predicted molar refractivity (Wildman–Crippen MR) is 71.0 cm³/mol. The minimum absolute atomic E-state index is 0.0558. The van der Waals surface area contributed by atoms with E-state index in [1.165, 1.54) is 10.9 Å². The van der Waals surface area contributed by atoms with E-state index in [-0.39, 0.29) is 12.8 Å². The smallest absolute Gasteiger partial charge is 0.325 e. The number of carbonyl (C=O) groups is 3. The molecule has 0 fully saturated rings. The molecule has 20 heavy (non-hydrogen) atoms. The summed E-state index contributed by atoms with van der Waals surface area (Å²) < 4.78 is 1.51. The molecule has 0 aromatic carbocycles. The van der Waals surface area contributed by atoms with Crippen molar-refractivity contribution in [1.82, 2.24) is 15.1 Å². The molecular formula is C12H18N4O4. The van der Waals surface area contributed by atoms with Crippen molar-refractivity contribution < 1.29 is 19.5 Å². The summed E-state index contributed by atoms with van der Waals surface area (Å²) in [6, 6.07) is -0.672. The number of carbonyl (C=O) groups excluding carboxylic acids is 2. The summed E-state index contributed by atoms with van der Waals surface area (Å²) in [5, 5.41) is 17.2. The molecule has 8 nitrogen and oxygen atoms in total. The Bertz CT molecular complexity index is 521. The lowest BCUT2D eigenvalue weighted by molar-refractivity contribution is -0.139. The molecule has 3 N–H and O–H groups in total. The van der Waals surface area contributed by atoms with E-state index in [1.807, 2.05) is 0 Å². The lowest BCUT2D eigenvalue weighted by Crippen LogP contribution is -2.37. The topological polar surface area (TPSA) is 113 Å². The van der Waals surface area contributed by atoms with Gasteiger partial charge >= 0.3 is 12.0 Å². The number of hydrogen-bond acceptors (Lipinski definition) is 4. The van der Waals surface area contributed by atoms with Crippen LogP contribution in [0.2, 0.25) is 0 Å². The van der Waals surface area contributed by atoms with E-state index in [9.17, 15) is 14.4 Å². The fourth-order valence-corrected chi connectivity index (χ4v) is 1.73. The van der Waals surface area contributed by atoms with Crippen LogP contribution in [-0.2, 0) is 16.6 Å². The van der Waals surface area contributed by atoms with Crippen LogP contribution in [0.3, 0.4) is 0 Å². The molecule has 0 saturated carbocycles. The number of aromatic nitrogens is 2. The lowest BCUT2D eigenvalue weighted by atomic mass is 9.85. The summed E-state index contributed by atoms with van der Waals surface area (Å²) in [6.07, 6.45) is 2.82. The van der Waals surface area contributed by atoms with Crippen LogP contribution in [0.5, 0.6) is 0 Å². The van der Waals surface area contributed by atoms with E-state index in [4.69, 9.17) is 5.11 Å². The van der Waals surface area contributed by atoms with Crippen LogP contribution in [0.1, 0.15) is 26.7 Å². The van der Waals surface area contributed by atoms with Gasteiger partial charge in [-0.1, -0.05) is 13.8 Å². The van der Waals surface area contributed by atoms with Gasteiger partial charge in [0.25, 0.3) is 0 Å². The van der Waals surface area contributed by atoms with E-state index in [0.29, 0.717) is 5.69 Å². The van der Waals surface area contributed by atoms with Gasteiger partial charge in [0.05, 0.1) is 18.3 Å². The Labute approximate surface area is 116 Å². The molecule has 0 spiro atoms. The molecule has 0 aliphatic carbocycles. The summed E-state index contributed by atoms with van der Waals surface area (Å²) in [5.41, 5.74) is -0.257. The molecule has 8 heteroatoms. The number of amides is 3. The maximum Gasteiger partial charge on any atom is 0.325 e. The van der Waals surface area contributed by atoms with Crippen molar-refractivity contribution in [3.8, 4) is 0 Å². The van der Waals surface area contributed by atoms with E-state index in [0.717, 1.165) is 0 Å². The van der Waals surface area contributed by atoms with Crippen molar-refractivity contribution in [3.05, 3.63) is 12.4 Å². The summed E-state index contributed by atoms with van der Waals surface area (Å²) in [4.78, 5) is 33.8. The first-order valence-corrected chi connectivity index (χ1v) is 5.99. The van der Waals surface area contributed by atoms with Gasteiger partial charge < -0.3 is 10.4 Å². The van der Waals surface area contributed by atoms with Crippen LogP contribution >= 0.6 is 0 Å². The molecule has 0 unspecified atom stereocenters. The summed E-state index contributed by atoms with van der Waals surface area (Å²) in [7, 11) is 1.70. The van der Waals surface area contributed by atoms with Crippen LogP contribution in [-0.4, -0.2) is 32.8 Å². The molecular weight excluding hydrogens is 264 g/mol. The highest BCUT2D eigenvalue weighted by Crippen LogP contribution is 2.24. The molecule has 1 heterocycles. The number of nitrogens with one attached hydrogen (secondary N) is 2. The number of carboxylic acid groups (broad SMARTS) is 1. The standard InChI is InChI=1S/C12H18N4O4/c1-12(2,5-10(18)19)4-9(17)15-11(20)14-8-6-13-16(3)7-8/h6-7H,4-5H2,1-3H3,(H,18,19)(H2,14,15,17,20). The summed E-state index contributed by atoms with van der Waals surface area (Å²) >= 11 is 0. The fraction of sp³-hybridized carbons (Fsp3) is 0.500. The second-order valence-electron chi connectivity index (χ2n) is 5.32. The second kappa shape index (κ2) is 6.18. The van der Waals surface area contributed by atoms with Crippen molar-refractivity contribution in [3.63, 3.8) is 0 Å². The van der Waals surface area contributed by atoms with Gasteiger partial charge in [-0.25, -0.2) is 4.79 Å². The average molecular weight is 282 g/mol. The third-order valence-electron chi connectivity index (χ3n) is 2.48. The fourth-order valence-electron chi connectivity index (χ4n) is 1.73. The maximum atomic E-state index is 11.7. The first kappa shape index (κ1) is 15.7. The van der Waals surface area contributed by atoms with Crippen molar-refractivity contribution in [1.29, 1.82) is 0 Å². The molecule has 0 atom stereocenters. The molecule has 0 radical (unpaired) electrons. The minimum atomic E-state index is -0.984. The number of rotatable bonds is 5. The van der Waals surface area contributed by atoms with E-state index in [1.54, 1.807) is 27.1 Å². The van der Waals surface area contributed by atoms with Gasteiger partial charge in [-0.3, -0.25) is 19.6 Å². The zero-order chi connectivity index (χ0) is 15.3. The van der Waals surface area contributed by atoms with Crippen LogP contribution in [0.4, 0.5) is 10.5 Å². The van der Waals surface area contributed by atoms with Crippen LogP contribution in [0, 0.1) is 5.41 Å². The molecule has 1 aromatic rings. The molecule has 0 aliphatic heterocycles. The molecule has 1 aromatic heterocycles. The van der Waals surface area contributed by atoms with Gasteiger partial charge in [-0.15, -0.1) is 0 Å². The van der Waals surface area contributed by atoms with Crippen LogP contribution in [0.15, 0.2) is 12.4 Å². The van der Waals surface area contributed by atoms with Gasteiger partial charge in [0.1, 0.15) is 0 Å². The predicted octanol–water partition coefficient (Wildman–Crippen LogP) is 0.959. The zero-order valence-corrected chi connectivity index (χ0v) is 11.6. The van der Waals surface area contributed by atoms with E-state index in [2.05, 4.69) is 15.7 Å². The lowest BCUT2D eigenvalue weighted by Gasteiger charge is -2.21. The number of aliphatic carboxylic acids is 1. The molecule has 3 amide bonds. The maximum absolute atomic E-state index is 11.7. The highest BCUT2D eigenvalue weighted by molar-refractivity contribution is 6.01. The Kier molecular flexibility index (Phi) is 4.84. The van der Waals surface area contributed by atoms with Crippen LogP contribution in [0.25, 0.3) is 0 Å². The first-order chi connectivity index (χ1) is 9.18. The van der Waals surface area contributed by atoms with Crippen molar-refractivity contribution >= 4 is 23.6 Å². The number of urea groups is 1. The molecule has 110 valence electrons. The van der Waals surface area contributed by atoms with E-state index < -0.39 is 23.3 Å². The highest BCUT2D eigenvalue weighted by Gasteiger charge is 2.26. The number of aryl methyl sites for hydroxylation is 1. The van der Waals surface area contributed by atoms with Gasteiger partial charge in [0.2, 0.25) is 5.91 Å². The van der Waals surface area contributed by atoms with Crippen molar-refractivity contribution in [2.24, 2.45) is 12.5 Å². The minimum Gasteiger partial charge on any atom is -0.481 e. The Morgan fingerprint density at radius 2 is 2.00 bits per heavy atom. The van der Waals surface area contributed by atoms with Crippen molar-refractivity contribution in [2.75, 3.05) is 5.32 Å². The van der Waals surface area contributed by atoms with Crippen molar-refractivity contribution in [2.45, 2.75) is 26.7 Å². The Hall–Kier alpha value is -2.38. The van der Waals surface area contributed by atoms with Gasteiger partial charge in [-0.05, 0) is 5.41 Å². The summed E-state index contributed by atoms with van der Waals surface area (Å²) in [5.74, 6) is -1.51. The number of nitrogens with zero attached hydrogens (tertiary/aromatic N) is 2. The first-order valence-electron chi connectivity index (χ1n) is 5.99. The Morgan fingerprint density at radius 3 is 2.50 bits per heavy atom. The quantitative estimate of drug-likeness (QED) is 0.744. The normalized spacial score (nSPS) is 10.9. The molecule has 1 rings (SSSR count). The highest BCUT2D eigenvalue weighted by atomic mass is 16.4. The van der Waals surface area contributed by atoms with Gasteiger partial charge in [0, 0.05) is 19.7 Å². The Balaban J connectivity index is 2.45. The third kappa shape index (κ3) is 5.51. The van der Waals surface area contributed by atoms with Gasteiger partial charge in [0.15, 0.2) is 0 Å². The molecule has 0 aliphatic rings. The molecule has 0 saturated heterocycles. The summed E-state index contributed by atoms with van der Waals surface area (Å²) in [6.45, 7) is 3.31. The zero-order valence-electron chi connectivity index (χ0n) is 11.6. The number of anilines is 1. The number of hydrogen-bond donors (Lipinski definition) is 3. The van der Waals surface area contributed by atoms with Gasteiger partial charge in [-0.2, -0.15) is 5.10 Å². The number of carboxylic acids is 1. The Morgan fingerprint density at radius 1 is 1.35 bits per heavy atom. The largest absolute Gasteiger partial charge is 0.481 e. The average Bonchev–Trinajstić information content (AvgIpc) is 2.59. The molecule has 0 bridgehead atoms. The SMILES string of the molecule is Cn1cc(NC(=O)NC(=O)CC(C)(C)CC(=O)O)cn1. The monoisotopic (exact) mass is 282 g/mol. The van der Waals surface area contributed by atoms with E-state index >= 15 is 0 Å². The third-order valence-corrected chi connectivity index (χ3v) is 2.48. The van der Waals surface area contributed by atoms with Crippen LogP contribution < -0.4 is 10.6 Å². The number of imide groups is 1.